The zero-order chi connectivity index (χ0) is 29.4. The zero-order valence-corrected chi connectivity index (χ0v) is 25.2. The number of carbonyl (C=O) groups is 1. The van der Waals surface area contributed by atoms with Gasteiger partial charge < -0.3 is 15.0 Å². The van der Waals surface area contributed by atoms with Crippen molar-refractivity contribution < 1.29 is 17.9 Å². The average molecular weight is 582 g/mol. The fourth-order valence-corrected chi connectivity index (χ4v) is 6.31. The lowest BCUT2D eigenvalue weighted by Gasteiger charge is -2.34. The van der Waals surface area contributed by atoms with Crippen molar-refractivity contribution in [1.29, 1.82) is 0 Å². The first-order valence-electron chi connectivity index (χ1n) is 14.1. The molecule has 5 heterocycles. The molecular weight excluding hydrogens is 542 g/mol. The minimum absolute atomic E-state index is 0.149. The van der Waals surface area contributed by atoms with Crippen LogP contribution in [0.4, 0.5) is 11.6 Å². The van der Waals surface area contributed by atoms with Gasteiger partial charge in [-0.2, -0.15) is 8.42 Å². The van der Waals surface area contributed by atoms with E-state index in [9.17, 15) is 13.2 Å². The molecule has 5 rings (SSSR count). The standard InChI is InChI=1S/C29H39N7O4S/c1-28(2,3)14-17-40-24-13-16-36(33-24)23-12-11-21-26(32-23)35-19-20(18-29(35,4)5)8-7-15-30-22-9-6-10-25(31-22)41(38,39)34-27(21)37/h6,9-13,16,20H,7-8,14-15,17-19H2,1-5H3,(H,30,31)(H,34,37)/t20-/m0/s1. The summed E-state index contributed by atoms with van der Waals surface area (Å²) in [5, 5.41) is 7.53. The van der Waals surface area contributed by atoms with Gasteiger partial charge in [0.05, 0.1) is 12.2 Å². The lowest BCUT2D eigenvalue weighted by Crippen LogP contribution is -2.41. The van der Waals surface area contributed by atoms with Crippen LogP contribution in [-0.2, 0) is 10.0 Å². The lowest BCUT2D eigenvalue weighted by atomic mass is 9.93. The largest absolute Gasteiger partial charge is 0.477 e. The number of hydrogen-bond acceptors (Lipinski definition) is 9. The van der Waals surface area contributed by atoms with Crippen LogP contribution in [0.3, 0.4) is 0 Å². The molecule has 2 aliphatic heterocycles. The van der Waals surface area contributed by atoms with Gasteiger partial charge in [-0.3, -0.25) is 4.79 Å². The Kier molecular flexibility index (Phi) is 7.71. The summed E-state index contributed by atoms with van der Waals surface area (Å²) in [7, 11) is -4.22. The van der Waals surface area contributed by atoms with Crippen LogP contribution in [0.2, 0.25) is 0 Å². The summed E-state index contributed by atoms with van der Waals surface area (Å²) in [5.74, 6) is 1.48. The van der Waals surface area contributed by atoms with E-state index in [1.807, 2.05) is 0 Å². The van der Waals surface area contributed by atoms with Crippen molar-refractivity contribution in [2.75, 3.05) is 29.9 Å². The Labute approximate surface area is 241 Å². The highest BCUT2D eigenvalue weighted by molar-refractivity contribution is 7.90. The number of aromatic nitrogens is 4. The molecule has 2 N–H and O–H groups in total. The van der Waals surface area contributed by atoms with E-state index in [2.05, 4.69) is 59.6 Å². The molecule has 2 aliphatic rings. The van der Waals surface area contributed by atoms with Crippen LogP contribution in [0, 0.1) is 11.3 Å². The number of fused-ring (bicyclic) bond motifs is 6. The predicted molar refractivity (Wildman–Crippen MR) is 157 cm³/mol. The molecule has 0 aliphatic carbocycles. The molecule has 220 valence electrons. The smallest absolute Gasteiger partial charge is 0.281 e. The van der Waals surface area contributed by atoms with Crippen molar-refractivity contribution in [2.24, 2.45) is 11.3 Å². The molecule has 1 amide bonds. The Morgan fingerprint density at radius 3 is 2.71 bits per heavy atom. The number of nitrogens with one attached hydrogen (secondary N) is 2. The van der Waals surface area contributed by atoms with Crippen molar-refractivity contribution in [3.63, 3.8) is 0 Å². The van der Waals surface area contributed by atoms with Gasteiger partial charge in [0.15, 0.2) is 10.8 Å². The molecule has 0 radical (unpaired) electrons. The van der Waals surface area contributed by atoms with Gasteiger partial charge in [0.25, 0.3) is 15.9 Å². The molecule has 3 aromatic heterocycles. The summed E-state index contributed by atoms with van der Waals surface area (Å²) in [6.07, 6.45) is 5.44. The van der Waals surface area contributed by atoms with Crippen molar-refractivity contribution >= 4 is 27.6 Å². The molecule has 0 spiro atoms. The summed E-state index contributed by atoms with van der Waals surface area (Å²) >= 11 is 0. The average Bonchev–Trinajstić information content (AvgIpc) is 3.48. The lowest BCUT2D eigenvalue weighted by molar-refractivity contribution is 0.0981. The summed E-state index contributed by atoms with van der Waals surface area (Å²) in [4.78, 5) is 24.8. The minimum atomic E-state index is -4.22. The molecule has 11 nitrogen and oxygen atoms in total. The Morgan fingerprint density at radius 2 is 1.93 bits per heavy atom. The highest BCUT2D eigenvalue weighted by Gasteiger charge is 2.41. The second-order valence-electron chi connectivity index (χ2n) is 12.7. The van der Waals surface area contributed by atoms with Crippen LogP contribution in [0.1, 0.15) is 70.7 Å². The van der Waals surface area contributed by atoms with E-state index in [1.165, 1.54) is 6.07 Å². The van der Waals surface area contributed by atoms with Crippen LogP contribution < -0.4 is 19.7 Å². The number of hydrogen-bond donors (Lipinski definition) is 2. The van der Waals surface area contributed by atoms with Gasteiger partial charge >= 0.3 is 0 Å². The van der Waals surface area contributed by atoms with Gasteiger partial charge in [-0.25, -0.2) is 19.4 Å². The van der Waals surface area contributed by atoms with Crippen LogP contribution in [0.5, 0.6) is 5.88 Å². The summed E-state index contributed by atoms with van der Waals surface area (Å²) in [6.45, 7) is 12.6. The number of pyridine rings is 2. The monoisotopic (exact) mass is 581 g/mol. The first-order chi connectivity index (χ1) is 19.3. The SMILES string of the molecule is CC(C)(C)CCOc1ccn(-c2ccc3c(n2)N2C[C@@H](CCCNc4cccc(n4)S(=O)(=O)NC3=O)CC2(C)C)n1. The first-order valence-corrected chi connectivity index (χ1v) is 15.5. The Morgan fingerprint density at radius 1 is 1.12 bits per heavy atom. The van der Waals surface area contributed by atoms with Crippen LogP contribution in [0.15, 0.2) is 47.6 Å². The van der Waals surface area contributed by atoms with Crippen LogP contribution >= 0.6 is 0 Å². The predicted octanol–water partition coefficient (Wildman–Crippen LogP) is 4.41. The fourth-order valence-electron chi connectivity index (χ4n) is 5.38. The van der Waals surface area contributed by atoms with Gasteiger partial charge in [-0.15, -0.1) is 5.10 Å². The van der Waals surface area contributed by atoms with Gasteiger partial charge in [-0.1, -0.05) is 26.8 Å². The van der Waals surface area contributed by atoms with Crippen molar-refractivity contribution in [2.45, 2.75) is 70.9 Å². The van der Waals surface area contributed by atoms with E-state index in [4.69, 9.17) is 9.72 Å². The zero-order valence-electron chi connectivity index (χ0n) is 24.3. The van der Waals surface area contributed by atoms with Crippen molar-refractivity contribution in [1.82, 2.24) is 24.5 Å². The highest BCUT2D eigenvalue weighted by Crippen LogP contribution is 2.39. The second-order valence-corrected chi connectivity index (χ2v) is 14.3. The number of amides is 1. The maximum absolute atomic E-state index is 13.5. The molecule has 1 saturated heterocycles. The van der Waals surface area contributed by atoms with Gasteiger partial charge in [0, 0.05) is 30.9 Å². The second kappa shape index (κ2) is 11.0. The summed E-state index contributed by atoms with van der Waals surface area (Å²) in [5.41, 5.74) is 0.0199. The van der Waals surface area contributed by atoms with Gasteiger partial charge in [0.1, 0.15) is 11.6 Å². The molecule has 1 fully saturated rings. The Hall–Kier alpha value is -3.67. The minimum Gasteiger partial charge on any atom is -0.477 e. The fraction of sp³-hybridized carbons (Fsp3) is 0.517. The Bertz CT molecular complexity index is 1530. The van der Waals surface area contributed by atoms with E-state index < -0.39 is 15.9 Å². The Balaban J connectivity index is 1.51. The topological polar surface area (TPSA) is 131 Å². The molecule has 1 atom stereocenters. The van der Waals surface area contributed by atoms with E-state index in [1.54, 1.807) is 41.2 Å². The van der Waals surface area contributed by atoms with Gasteiger partial charge in [0.2, 0.25) is 5.88 Å². The van der Waals surface area contributed by atoms with E-state index in [-0.39, 0.29) is 21.5 Å². The maximum Gasteiger partial charge on any atom is 0.281 e. The quantitative estimate of drug-likeness (QED) is 0.460. The third-order valence-corrected chi connectivity index (χ3v) is 8.78. The maximum atomic E-state index is 13.5. The third-order valence-electron chi connectivity index (χ3n) is 7.54. The molecular formula is C29H39N7O4S. The highest BCUT2D eigenvalue weighted by atomic mass is 32.2. The van der Waals surface area contributed by atoms with Crippen LogP contribution in [-0.4, -0.2) is 59.3 Å². The third kappa shape index (κ3) is 6.64. The normalized spacial score (nSPS) is 20.3. The van der Waals surface area contributed by atoms with Crippen molar-refractivity contribution in [3.05, 3.63) is 48.2 Å². The van der Waals surface area contributed by atoms with Crippen LogP contribution in [0.25, 0.3) is 5.82 Å². The van der Waals surface area contributed by atoms with E-state index in [0.717, 1.165) is 25.7 Å². The number of ether oxygens (including phenoxy) is 1. The molecule has 12 heteroatoms. The number of rotatable bonds is 4. The van der Waals surface area contributed by atoms with Gasteiger partial charge in [-0.05, 0) is 75.1 Å². The van der Waals surface area contributed by atoms with E-state index >= 15 is 0 Å². The molecule has 0 aromatic carbocycles. The summed E-state index contributed by atoms with van der Waals surface area (Å²) < 4.78 is 36.0. The number of sulfonamides is 1. The molecule has 3 aromatic rings. The first kappa shape index (κ1) is 28.8. The number of carbonyl (C=O) groups excluding carboxylic acids is 1. The van der Waals surface area contributed by atoms with E-state index in [0.29, 0.717) is 48.9 Å². The molecule has 0 saturated carbocycles. The molecule has 41 heavy (non-hydrogen) atoms. The molecule has 4 bridgehead atoms. The summed E-state index contributed by atoms with van der Waals surface area (Å²) in [6, 6.07) is 9.75. The van der Waals surface area contributed by atoms with Crippen molar-refractivity contribution in [3.8, 4) is 11.7 Å². The number of anilines is 2. The number of nitrogens with zero attached hydrogens (tertiary/aromatic N) is 5. The molecule has 0 unspecified atom stereocenters.